The van der Waals surface area contributed by atoms with E-state index in [4.69, 9.17) is 16.1 Å². The average molecular weight is 330 g/mol. The summed E-state index contributed by atoms with van der Waals surface area (Å²) in [6, 6.07) is 7.47. The summed E-state index contributed by atoms with van der Waals surface area (Å²) < 4.78 is 30.9. The zero-order valence-electron chi connectivity index (χ0n) is 11.0. The van der Waals surface area contributed by atoms with E-state index in [-0.39, 0.29) is 15.7 Å². The van der Waals surface area contributed by atoms with Crippen molar-refractivity contribution in [2.24, 2.45) is 0 Å². The highest BCUT2D eigenvalue weighted by Gasteiger charge is 2.18. The van der Waals surface area contributed by atoms with Crippen LogP contribution in [0.2, 0.25) is 5.02 Å². The van der Waals surface area contributed by atoms with Crippen LogP contribution < -0.4 is 10.0 Å². The zero-order chi connectivity index (χ0) is 15.5. The van der Waals surface area contributed by atoms with Crippen LogP contribution >= 0.6 is 11.6 Å². The number of rotatable bonds is 5. The highest BCUT2D eigenvalue weighted by atomic mass is 35.5. The number of nitrogens with zero attached hydrogens (tertiary/aromatic N) is 1. The molecule has 9 heteroatoms. The minimum Gasteiger partial charge on any atom is -0.360 e. The maximum atomic E-state index is 12.0. The lowest BCUT2D eigenvalue weighted by atomic mass is 10.4. The van der Waals surface area contributed by atoms with E-state index in [1.807, 2.05) is 0 Å². The molecule has 1 aromatic heterocycles. The number of aromatic nitrogens is 1. The highest BCUT2D eigenvalue weighted by Crippen LogP contribution is 2.19. The lowest BCUT2D eigenvalue weighted by Crippen LogP contribution is -2.33. The molecule has 0 unspecified atom stereocenters. The predicted octanol–water partition coefficient (Wildman–Crippen LogP) is 1.55. The third kappa shape index (κ3) is 4.03. The van der Waals surface area contributed by atoms with E-state index in [0.29, 0.717) is 5.76 Å². The summed E-state index contributed by atoms with van der Waals surface area (Å²) >= 11 is 5.81. The molecule has 2 aromatic rings. The maximum Gasteiger partial charge on any atom is 0.242 e. The van der Waals surface area contributed by atoms with Crippen molar-refractivity contribution in [2.75, 3.05) is 11.9 Å². The molecule has 0 saturated carbocycles. The number of sulfonamides is 1. The Morgan fingerprint density at radius 1 is 1.38 bits per heavy atom. The molecule has 2 N–H and O–H groups in total. The smallest absolute Gasteiger partial charge is 0.242 e. The Morgan fingerprint density at radius 3 is 2.71 bits per heavy atom. The number of hydrogen-bond donors (Lipinski definition) is 2. The number of halogens is 1. The summed E-state index contributed by atoms with van der Waals surface area (Å²) in [5.41, 5.74) is 0. The van der Waals surface area contributed by atoms with Gasteiger partial charge in [0.15, 0.2) is 5.82 Å². The molecule has 0 atom stereocenters. The number of amides is 1. The molecule has 0 aliphatic heterocycles. The van der Waals surface area contributed by atoms with Gasteiger partial charge in [0.2, 0.25) is 15.9 Å². The van der Waals surface area contributed by atoms with Crippen LogP contribution in [-0.4, -0.2) is 26.0 Å². The Bertz CT molecular complexity index is 757. The van der Waals surface area contributed by atoms with Gasteiger partial charge in [-0.3, -0.25) is 4.79 Å². The van der Waals surface area contributed by atoms with Crippen LogP contribution in [0.25, 0.3) is 0 Å². The lowest BCUT2D eigenvalue weighted by molar-refractivity contribution is -0.115. The minimum absolute atomic E-state index is 0.0811. The molecule has 1 aromatic carbocycles. The fourth-order valence-corrected chi connectivity index (χ4v) is 3.01. The molecule has 0 bridgehead atoms. The topological polar surface area (TPSA) is 101 Å². The second-order valence-electron chi connectivity index (χ2n) is 4.13. The lowest BCUT2D eigenvalue weighted by Gasteiger charge is -2.07. The molecule has 0 aliphatic carbocycles. The molecule has 7 nitrogen and oxygen atoms in total. The van der Waals surface area contributed by atoms with Crippen LogP contribution in [0.1, 0.15) is 5.76 Å². The predicted molar refractivity (Wildman–Crippen MR) is 76.5 cm³/mol. The second kappa shape index (κ2) is 6.25. The summed E-state index contributed by atoms with van der Waals surface area (Å²) in [6.45, 7) is 1.22. The van der Waals surface area contributed by atoms with Gasteiger partial charge in [-0.15, -0.1) is 0 Å². The maximum absolute atomic E-state index is 12.0. The number of hydrogen-bond acceptors (Lipinski definition) is 5. The third-order valence-corrected chi connectivity index (χ3v) is 4.35. The molecule has 1 heterocycles. The van der Waals surface area contributed by atoms with Gasteiger partial charge >= 0.3 is 0 Å². The number of carbonyl (C=O) groups is 1. The van der Waals surface area contributed by atoms with E-state index in [1.54, 1.807) is 19.1 Å². The Morgan fingerprint density at radius 2 is 2.10 bits per heavy atom. The van der Waals surface area contributed by atoms with Gasteiger partial charge in [-0.2, -0.15) is 0 Å². The van der Waals surface area contributed by atoms with Crippen molar-refractivity contribution in [3.63, 3.8) is 0 Å². The zero-order valence-corrected chi connectivity index (χ0v) is 12.5. The van der Waals surface area contributed by atoms with Crippen molar-refractivity contribution in [2.45, 2.75) is 11.8 Å². The monoisotopic (exact) mass is 329 g/mol. The largest absolute Gasteiger partial charge is 0.360 e. The second-order valence-corrected chi connectivity index (χ2v) is 6.27. The average Bonchev–Trinajstić information content (AvgIpc) is 2.82. The van der Waals surface area contributed by atoms with Gasteiger partial charge in [-0.1, -0.05) is 28.9 Å². The first kappa shape index (κ1) is 15.5. The Balaban J connectivity index is 1.99. The number of aryl methyl sites for hydroxylation is 1. The summed E-state index contributed by atoms with van der Waals surface area (Å²) in [7, 11) is -3.86. The molecule has 0 radical (unpaired) electrons. The first-order chi connectivity index (χ1) is 9.88. The number of carbonyl (C=O) groups excluding carboxylic acids is 1. The van der Waals surface area contributed by atoms with Crippen molar-refractivity contribution in [1.82, 2.24) is 9.88 Å². The van der Waals surface area contributed by atoms with E-state index >= 15 is 0 Å². The van der Waals surface area contributed by atoms with Crippen molar-refractivity contribution >= 4 is 33.3 Å². The molecule has 0 saturated heterocycles. The van der Waals surface area contributed by atoms with Crippen LogP contribution in [0, 0.1) is 6.92 Å². The molecule has 0 fully saturated rings. The van der Waals surface area contributed by atoms with Gasteiger partial charge in [0.1, 0.15) is 10.7 Å². The van der Waals surface area contributed by atoms with Crippen LogP contribution in [-0.2, 0) is 14.8 Å². The molecule has 2 rings (SSSR count). The van der Waals surface area contributed by atoms with E-state index in [9.17, 15) is 13.2 Å². The molecule has 112 valence electrons. The standard InChI is InChI=1S/C12H12ClN3O4S/c1-8-6-11(16-20-8)15-12(17)7-14-21(18,19)10-5-3-2-4-9(10)13/h2-6,14H,7H2,1H3,(H,15,16,17). The summed E-state index contributed by atoms with van der Waals surface area (Å²) in [6.07, 6.45) is 0. The van der Waals surface area contributed by atoms with Gasteiger partial charge in [0.25, 0.3) is 0 Å². The van der Waals surface area contributed by atoms with E-state index in [1.165, 1.54) is 18.2 Å². The molecule has 21 heavy (non-hydrogen) atoms. The Labute approximate surface area is 126 Å². The minimum atomic E-state index is -3.86. The molecule has 0 aliphatic rings. The van der Waals surface area contributed by atoms with Crippen LogP contribution in [0.5, 0.6) is 0 Å². The number of anilines is 1. The fourth-order valence-electron chi connectivity index (χ4n) is 1.51. The van der Waals surface area contributed by atoms with Gasteiger partial charge in [0.05, 0.1) is 11.6 Å². The van der Waals surface area contributed by atoms with Crippen molar-refractivity contribution in [3.8, 4) is 0 Å². The van der Waals surface area contributed by atoms with Crippen LogP contribution in [0.15, 0.2) is 39.8 Å². The molecule has 1 amide bonds. The van der Waals surface area contributed by atoms with Gasteiger partial charge < -0.3 is 9.84 Å². The SMILES string of the molecule is Cc1cc(NC(=O)CNS(=O)(=O)c2ccccc2Cl)no1. The van der Waals surface area contributed by atoms with E-state index < -0.39 is 22.5 Å². The van der Waals surface area contributed by atoms with E-state index in [2.05, 4.69) is 15.2 Å². The summed E-state index contributed by atoms with van der Waals surface area (Å²) in [5.74, 6) is 0.176. The van der Waals surface area contributed by atoms with Gasteiger partial charge in [-0.05, 0) is 19.1 Å². The van der Waals surface area contributed by atoms with Crippen molar-refractivity contribution in [3.05, 3.63) is 41.1 Å². The third-order valence-electron chi connectivity index (χ3n) is 2.44. The molecular weight excluding hydrogens is 318 g/mol. The normalized spacial score (nSPS) is 11.3. The summed E-state index contributed by atoms with van der Waals surface area (Å²) in [4.78, 5) is 11.5. The van der Waals surface area contributed by atoms with Gasteiger partial charge in [-0.25, -0.2) is 13.1 Å². The van der Waals surface area contributed by atoms with Gasteiger partial charge in [0, 0.05) is 6.07 Å². The quantitative estimate of drug-likeness (QED) is 0.866. The van der Waals surface area contributed by atoms with Crippen molar-refractivity contribution in [1.29, 1.82) is 0 Å². The summed E-state index contributed by atoms with van der Waals surface area (Å²) in [5, 5.41) is 6.05. The van der Waals surface area contributed by atoms with Crippen LogP contribution in [0.3, 0.4) is 0 Å². The number of nitrogens with one attached hydrogen (secondary N) is 2. The first-order valence-electron chi connectivity index (χ1n) is 5.86. The first-order valence-corrected chi connectivity index (χ1v) is 7.72. The Kier molecular flexibility index (Phi) is 4.61. The number of benzene rings is 1. The highest BCUT2D eigenvalue weighted by molar-refractivity contribution is 7.89. The van der Waals surface area contributed by atoms with E-state index in [0.717, 1.165) is 0 Å². The van der Waals surface area contributed by atoms with Crippen LogP contribution in [0.4, 0.5) is 5.82 Å². The fraction of sp³-hybridized carbons (Fsp3) is 0.167. The van der Waals surface area contributed by atoms with Crippen molar-refractivity contribution < 1.29 is 17.7 Å². The molecular formula is C12H12ClN3O4S. The Hall–Kier alpha value is -1.90. The molecule has 0 spiro atoms.